The Morgan fingerprint density at radius 1 is 1.22 bits per heavy atom. The Hall–Kier alpha value is -1.78. The highest BCUT2D eigenvalue weighted by Crippen LogP contribution is 2.23. The summed E-state index contributed by atoms with van der Waals surface area (Å²) in [5.74, 6) is 0.422. The zero-order valence-corrected chi connectivity index (χ0v) is 18.6. The molecule has 0 radical (unpaired) electrons. The number of ether oxygens (including phenoxy) is 1. The minimum atomic E-state index is -1.56. The van der Waals surface area contributed by atoms with E-state index in [4.69, 9.17) is 14.9 Å². The third kappa shape index (κ3) is 6.86. The molecule has 0 spiro atoms. The number of piperidine rings is 1. The molecule has 2 aliphatic rings. The fraction of sp³-hybridized carbons (Fsp3) is 0.696. The zero-order valence-electron chi connectivity index (χ0n) is 18.6. The van der Waals surface area contributed by atoms with Crippen molar-refractivity contribution in [1.29, 1.82) is 0 Å². The summed E-state index contributed by atoms with van der Waals surface area (Å²) in [5, 5.41) is 34.3. The van der Waals surface area contributed by atoms with Crippen LogP contribution in [0.5, 0.6) is 5.75 Å². The Morgan fingerprint density at radius 2 is 1.94 bits per heavy atom. The molecule has 2 saturated heterocycles. The van der Waals surface area contributed by atoms with Crippen LogP contribution in [0.1, 0.15) is 36.0 Å². The largest absolute Gasteiger partial charge is 0.493 e. The second kappa shape index (κ2) is 11.9. The second-order valence-electron chi connectivity index (χ2n) is 9.07. The minimum absolute atomic E-state index is 0.0356. The van der Waals surface area contributed by atoms with Gasteiger partial charge in [0.05, 0.1) is 25.4 Å². The first-order chi connectivity index (χ1) is 15.4. The van der Waals surface area contributed by atoms with Gasteiger partial charge in [0.25, 0.3) is 5.91 Å². The number of nitrogens with one attached hydrogen (secondary N) is 2. The monoisotopic (exact) mass is 453 g/mol. The Bertz CT molecular complexity index is 734. The van der Waals surface area contributed by atoms with E-state index in [2.05, 4.69) is 10.6 Å². The van der Waals surface area contributed by atoms with E-state index in [0.29, 0.717) is 32.0 Å². The van der Waals surface area contributed by atoms with Gasteiger partial charge in [-0.15, -0.1) is 0 Å². The van der Waals surface area contributed by atoms with Crippen LogP contribution in [0.3, 0.4) is 0 Å². The average Bonchev–Trinajstić information content (AvgIpc) is 2.78. The van der Waals surface area contributed by atoms with Gasteiger partial charge in [-0.2, -0.15) is 0 Å². The summed E-state index contributed by atoms with van der Waals surface area (Å²) in [4.78, 5) is 14.2. The van der Waals surface area contributed by atoms with E-state index in [0.717, 1.165) is 31.8 Å². The van der Waals surface area contributed by atoms with Gasteiger partial charge in [0.1, 0.15) is 17.2 Å². The van der Waals surface area contributed by atoms with Crippen molar-refractivity contribution in [3.05, 3.63) is 29.6 Å². The highest BCUT2D eigenvalue weighted by Gasteiger charge is 2.33. The minimum Gasteiger partial charge on any atom is -0.493 e. The van der Waals surface area contributed by atoms with E-state index in [1.807, 2.05) is 0 Å². The van der Waals surface area contributed by atoms with Crippen LogP contribution in [0, 0.1) is 17.7 Å². The highest BCUT2D eigenvalue weighted by atomic mass is 19.1. The number of rotatable bonds is 12. The van der Waals surface area contributed by atoms with E-state index in [-0.39, 0.29) is 23.9 Å². The predicted molar refractivity (Wildman–Crippen MR) is 118 cm³/mol. The van der Waals surface area contributed by atoms with Gasteiger partial charge in [-0.05, 0) is 56.8 Å². The first-order valence-corrected chi connectivity index (χ1v) is 11.5. The van der Waals surface area contributed by atoms with E-state index in [9.17, 15) is 14.3 Å². The molecule has 2 fully saturated rings. The number of halogens is 1. The van der Waals surface area contributed by atoms with Gasteiger partial charge in [-0.3, -0.25) is 4.79 Å². The fourth-order valence-corrected chi connectivity index (χ4v) is 4.20. The molecule has 0 bridgehead atoms. The molecule has 0 aromatic heterocycles. The second-order valence-corrected chi connectivity index (χ2v) is 9.07. The predicted octanol–water partition coefficient (Wildman–Crippen LogP) is 0.362. The first-order valence-electron chi connectivity index (χ1n) is 11.5. The maximum atomic E-state index is 14.5. The van der Waals surface area contributed by atoms with E-state index < -0.39 is 24.6 Å². The molecule has 9 heteroatoms. The van der Waals surface area contributed by atoms with E-state index in [1.165, 1.54) is 25.0 Å². The van der Waals surface area contributed by atoms with Gasteiger partial charge in [-0.25, -0.2) is 4.39 Å². The molecular weight excluding hydrogens is 417 g/mol. The third-order valence-electron chi connectivity index (χ3n) is 6.38. The van der Waals surface area contributed by atoms with Crippen molar-refractivity contribution >= 4 is 5.91 Å². The molecule has 5 N–H and O–H groups in total. The van der Waals surface area contributed by atoms with Crippen molar-refractivity contribution in [3.63, 3.8) is 0 Å². The summed E-state index contributed by atoms with van der Waals surface area (Å²) < 4.78 is 20.2. The lowest BCUT2D eigenvalue weighted by atomic mass is 9.93. The normalized spacial score (nSPS) is 17.9. The van der Waals surface area contributed by atoms with E-state index >= 15 is 0 Å². The molecule has 0 aliphatic carbocycles. The number of hydrogen-bond acceptors (Lipinski definition) is 7. The Morgan fingerprint density at radius 3 is 2.59 bits per heavy atom. The van der Waals surface area contributed by atoms with Crippen molar-refractivity contribution in [1.82, 2.24) is 15.5 Å². The van der Waals surface area contributed by atoms with Crippen molar-refractivity contribution in [2.45, 2.75) is 31.3 Å². The number of aliphatic hydroxyl groups is 3. The Balaban J connectivity index is 1.37. The summed E-state index contributed by atoms with van der Waals surface area (Å²) in [6.07, 6.45) is 4.45. The number of carbonyl (C=O) groups is 1. The summed E-state index contributed by atoms with van der Waals surface area (Å²) in [6.45, 7) is 3.17. The molecule has 1 amide bonds. The fourth-order valence-electron chi connectivity index (χ4n) is 4.20. The molecule has 0 atom stereocenters. The van der Waals surface area contributed by atoms with Gasteiger partial charge in [-0.1, -0.05) is 0 Å². The molecule has 0 saturated carbocycles. The van der Waals surface area contributed by atoms with E-state index in [1.54, 1.807) is 11.0 Å². The molecule has 0 unspecified atom stereocenters. The van der Waals surface area contributed by atoms with Crippen LogP contribution >= 0.6 is 0 Å². The number of hydrogen-bond donors (Lipinski definition) is 5. The van der Waals surface area contributed by atoms with Crippen LogP contribution in [-0.4, -0.2) is 90.8 Å². The van der Waals surface area contributed by atoms with Crippen molar-refractivity contribution in [2.24, 2.45) is 11.8 Å². The molecule has 2 aliphatic heterocycles. The lowest BCUT2D eigenvalue weighted by molar-refractivity contribution is -0.0539. The topological polar surface area (TPSA) is 114 Å². The lowest BCUT2D eigenvalue weighted by Gasteiger charge is -2.40. The summed E-state index contributed by atoms with van der Waals surface area (Å²) in [7, 11) is 0. The maximum Gasteiger partial charge on any atom is 0.256 e. The van der Waals surface area contributed by atoms with Crippen LogP contribution in [0.15, 0.2) is 18.2 Å². The number of carbonyl (C=O) groups excluding carboxylic acids is 1. The van der Waals surface area contributed by atoms with Gasteiger partial charge in [0.2, 0.25) is 0 Å². The first kappa shape index (κ1) is 24.9. The molecule has 3 rings (SSSR count). The number of aliphatic hydroxyl groups excluding tert-OH is 2. The van der Waals surface area contributed by atoms with Crippen molar-refractivity contribution < 1.29 is 29.2 Å². The molecule has 180 valence electrons. The lowest BCUT2D eigenvalue weighted by Crippen LogP contribution is -2.55. The van der Waals surface area contributed by atoms with Crippen LogP contribution in [0.2, 0.25) is 0 Å². The molecule has 8 nitrogen and oxygen atoms in total. The number of likely N-dealkylation sites (tertiary alicyclic amines) is 1. The van der Waals surface area contributed by atoms with Crippen molar-refractivity contribution in [3.8, 4) is 5.75 Å². The number of benzene rings is 1. The van der Waals surface area contributed by atoms with Crippen molar-refractivity contribution in [2.75, 3.05) is 59.1 Å². The standard InChI is InChI=1S/C23H36FN3O5/c24-21-10-19(32-9-1-2-17-5-7-25-8-6-17)3-4-20(21)22(30)27-12-18(13-27)11-26-14-23(31,15-28)16-29/h3-4,10,17-18,25-26,28-29,31H,1-2,5-9,11-16H2. The average molecular weight is 454 g/mol. The summed E-state index contributed by atoms with van der Waals surface area (Å²) in [6, 6.07) is 4.40. The maximum absolute atomic E-state index is 14.5. The Kier molecular flexibility index (Phi) is 9.24. The summed E-state index contributed by atoms with van der Waals surface area (Å²) in [5.41, 5.74) is -1.52. The van der Waals surface area contributed by atoms with Gasteiger partial charge in [0.15, 0.2) is 0 Å². The van der Waals surface area contributed by atoms with Gasteiger partial charge < -0.3 is 35.6 Å². The van der Waals surface area contributed by atoms with Crippen LogP contribution < -0.4 is 15.4 Å². The smallest absolute Gasteiger partial charge is 0.256 e. The molecule has 1 aromatic carbocycles. The van der Waals surface area contributed by atoms with Gasteiger partial charge in [0, 0.05) is 38.2 Å². The number of amides is 1. The number of nitrogens with zero attached hydrogens (tertiary/aromatic N) is 1. The highest BCUT2D eigenvalue weighted by molar-refractivity contribution is 5.95. The van der Waals surface area contributed by atoms with Gasteiger partial charge >= 0.3 is 0 Å². The SMILES string of the molecule is O=C(c1ccc(OCCCC2CCNCC2)cc1F)N1CC(CNCC(O)(CO)CO)C1. The third-order valence-corrected chi connectivity index (χ3v) is 6.38. The molecule has 1 aromatic rings. The molecular formula is C23H36FN3O5. The zero-order chi connectivity index (χ0) is 23.0. The Labute approximate surface area is 188 Å². The molecule has 2 heterocycles. The van der Waals surface area contributed by atoms with Crippen LogP contribution in [0.4, 0.5) is 4.39 Å². The van der Waals surface area contributed by atoms with Crippen LogP contribution in [-0.2, 0) is 0 Å². The molecule has 32 heavy (non-hydrogen) atoms. The quantitative estimate of drug-likeness (QED) is 0.291. The summed E-state index contributed by atoms with van der Waals surface area (Å²) >= 11 is 0. The van der Waals surface area contributed by atoms with Crippen LogP contribution in [0.25, 0.3) is 0 Å².